The zero-order valence-corrected chi connectivity index (χ0v) is 22.7. The maximum Gasteiger partial charge on any atom is 0.340 e. The van der Waals surface area contributed by atoms with E-state index in [1.54, 1.807) is 29.1 Å². The van der Waals surface area contributed by atoms with Crippen LogP contribution in [-0.2, 0) is 6.42 Å². The molecule has 0 spiro atoms. The van der Waals surface area contributed by atoms with Crippen LogP contribution in [0.25, 0.3) is 10.8 Å². The number of fused-ring (bicyclic) bond motifs is 1. The van der Waals surface area contributed by atoms with Gasteiger partial charge in [-0.1, -0.05) is 128 Å². The lowest BCUT2D eigenvalue weighted by Gasteiger charge is -2.11. The SMILES string of the molecule is CCCCCCCCCCCCCCCCCCc1cccc2c(C(=O)O)c(OI)ccc12. The Hall–Kier alpha value is -1.30. The van der Waals surface area contributed by atoms with Crippen LogP contribution < -0.4 is 3.07 Å². The van der Waals surface area contributed by atoms with Crippen LogP contribution in [0, 0.1) is 0 Å². The maximum atomic E-state index is 11.7. The van der Waals surface area contributed by atoms with E-state index in [-0.39, 0.29) is 5.56 Å². The number of unbranched alkanes of at least 4 members (excludes halogenated alkanes) is 15. The highest BCUT2D eigenvalue weighted by Gasteiger charge is 2.16. The van der Waals surface area contributed by atoms with Crippen molar-refractivity contribution in [1.29, 1.82) is 0 Å². The van der Waals surface area contributed by atoms with Gasteiger partial charge in [0.15, 0.2) is 23.0 Å². The van der Waals surface area contributed by atoms with Crippen molar-refractivity contribution in [3.05, 3.63) is 41.5 Å². The number of rotatable bonds is 19. The molecule has 2 aromatic rings. The minimum atomic E-state index is -0.938. The molecular formula is C29H43IO3. The number of carbonyl (C=O) groups is 1. The van der Waals surface area contributed by atoms with E-state index in [1.807, 2.05) is 18.2 Å². The van der Waals surface area contributed by atoms with Crippen molar-refractivity contribution in [3.8, 4) is 5.75 Å². The number of carboxylic acid groups (broad SMARTS) is 1. The highest BCUT2D eigenvalue weighted by Crippen LogP contribution is 2.32. The highest BCUT2D eigenvalue weighted by molar-refractivity contribution is 14.1. The summed E-state index contributed by atoms with van der Waals surface area (Å²) in [6, 6.07) is 9.75. The van der Waals surface area contributed by atoms with Gasteiger partial charge in [0.1, 0.15) is 11.3 Å². The third kappa shape index (κ3) is 10.2. The first-order chi connectivity index (χ1) is 16.2. The summed E-state index contributed by atoms with van der Waals surface area (Å²) in [6.07, 6.45) is 23.0. The topological polar surface area (TPSA) is 46.5 Å². The zero-order chi connectivity index (χ0) is 23.7. The van der Waals surface area contributed by atoms with Crippen LogP contribution in [0.5, 0.6) is 5.75 Å². The second-order valence-electron chi connectivity index (χ2n) is 9.39. The molecule has 0 radical (unpaired) electrons. The molecule has 0 heterocycles. The second kappa shape index (κ2) is 17.2. The van der Waals surface area contributed by atoms with E-state index in [9.17, 15) is 9.90 Å². The average molecular weight is 567 g/mol. The lowest BCUT2D eigenvalue weighted by atomic mass is 9.96. The van der Waals surface area contributed by atoms with Gasteiger partial charge in [-0.3, -0.25) is 0 Å². The summed E-state index contributed by atoms with van der Waals surface area (Å²) in [6.45, 7) is 2.28. The normalized spacial score (nSPS) is 11.2. The molecule has 2 rings (SSSR count). The van der Waals surface area contributed by atoms with Gasteiger partial charge in [0.2, 0.25) is 0 Å². The fraction of sp³-hybridized carbons (Fsp3) is 0.621. The maximum absolute atomic E-state index is 11.7. The number of aryl methyl sites for hydroxylation is 1. The van der Waals surface area contributed by atoms with Gasteiger partial charge >= 0.3 is 5.97 Å². The molecule has 0 saturated carbocycles. The Labute approximate surface area is 215 Å². The smallest absolute Gasteiger partial charge is 0.340 e. The summed E-state index contributed by atoms with van der Waals surface area (Å²) >= 11 is 1.75. The number of benzene rings is 2. The molecule has 0 amide bonds. The molecule has 0 aliphatic rings. The van der Waals surface area contributed by atoms with E-state index >= 15 is 0 Å². The largest absolute Gasteiger partial charge is 0.478 e. The standard InChI is InChI=1S/C29H43IO3/c1-2-3-4-5-6-7-8-9-10-11-12-13-14-15-16-17-19-24-20-18-21-26-25(24)22-23-27(33-30)28(26)29(31)32/h18,20-23H,2-17,19H2,1H3,(H,31,32). The Kier molecular flexibility index (Phi) is 14.5. The zero-order valence-electron chi connectivity index (χ0n) is 20.5. The first-order valence-corrected chi connectivity index (χ1v) is 14.1. The van der Waals surface area contributed by atoms with E-state index in [0.717, 1.165) is 23.6 Å². The summed E-state index contributed by atoms with van der Waals surface area (Å²) < 4.78 is 5.24. The van der Waals surface area contributed by atoms with E-state index < -0.39 is 5.97 Å². The number of halogens is 1. The van der Waals surface area contributed by atoms with E-state index in [1.165, 1.54) is 102 Å². The molecule has 4 heteroatoms. The molecule has 0 aromatic heterocycles. The van der Waals surface area contributed by atoms with Crippen LogP contribution in [0.4, 0.5) is 0 Å². The second-order valence-corrected chi connectivity index (χ2v) is 9.83. The minimum Gasteiger partial charge on any atom is -0.478 e. The van der Waals surface area contributed by atoms with Crippen molar-refractivity contribution in [2.45, 2.75) is 116 Å². The van der Waals surface area contributed by atoms with Crippen molar-refractivity contribution < 1.29 is 13.0 Å². The monoisotopic (exact) mass is 566 g/mol. The Morgan fingerprint density at radius 3 is 1.73 bits per heavy atom. The Bertz CT molecular complexity index is 818. The van der Waals surface area contributed by atoms with Gasteiger partial charge in [-0.15, -0.1) is 0 Å². The third-order valence-corrected chi connectivity index (χ3v) is 7.18. The van der Waals surface area contributed by atoms with Gasteiger partial charge < -0.3 is 8.17 Å². The fourth-order valence-electron chi connectivity index (χ4n) is 4.77. The highest BCUT2D eigenvalue weighted by atomic mass is 127. The van der Waals surface area contributed by atoms with Crippen molar-refractivity contribution in [2.24, 2.45) is 0 Å². The molecule has 184 valence electrons. The van der Waals surface area contributed by atoms with Gasteiger partial charge in [-0.05, 0) is 29.9 Å². The molecule has 3 nitrogen and oxygen atoms in total. The Balaban J connectivity index is 1.56. The predicted molar refractivity (Wildman–Crippen MR) is 149 cm³/mol. The van der Waals surface area contributed by atoms with Crippen LogP contribution in [0.2, 0.25) is 0 Å². The number of hydrogen-bond acceptors (Lipinski definition) is 2. The molecule has 2 aromatic carbocycles. The molecule has 0 fully saturated rings. The lowest BCUT2D eigenvalue weighted by Crippen LogP contribution is -2.01. The molecule has 1 N–H and O–H groups in total. The fourth-order valence-corrected chi connectivity index (χ4v) is 5.14. The van der Waals surface area contributed by atoms with E-state index in [4.69, 9.17) is 3.07 Å². The molecule has 0 aliphatic carbocycles. The van der Waals surface area contributed by atoms with Gasteiger partial charge in [-0.25, -0.2) is 4.79 Å². The molecular weight excluding hydrogens is 523 g/mol. The molecule has 0 bridgehead atoms. The van der Waals surface area contributed by atoms with Crippen LogP contribution in [-0.4, -0.2) is 11.1 Å². The van der Waals surface area contributed by atoms with Crippen LogP contribution in [0.3, 0.4) is 0 Å². The van der Waals surface area contributed by atoms with Gasteiger partial charge in [0, 0.05) is 5.39 Å². The Morgan fingerprint density at radius 2 is 1.24 bits per heavy atom. The van der Waals surface area contributed by atoms with Gasteiger partial charge in [0.05, 0.1) is 0 Å². The van der Waals surface area contributed by atoms with Crippen LogP contribution in [0.15, 0.2) is 30.3 Å². The van der Waals surface area contributed by atoms with Crippen molar-refractivity contribution >= 4 is 39.7 Å². The summed E-state index contributed by atoms with van der Waals surface area (Å²) in [5.41, 5.74) is 1.50. The first kappa shape index (κ1) is 27.9. The molecule has 0 atom stereocenters. The summed E-state index contributed by atoms with van der Waals surface area (Å²) in [7, 11) is 0. The van der Waals surface area contributed by atoms with Gasteiger partial charge in [-0.2, -0.15) is 0 Å². The Morgan fingerprint density at radius 1 is 0.727 bits per heavy atom. The van der Waals surface area contributed by atoms with Crippen molar-refractivity contribution in [3.63, 3.8) is 0 Å². The average Bonchev–Trinajstić information content (AvgIpc) is 2.82. The third-order valence-electron chi connectivity index (χ3n) is 6.71. The summed E-state index contributed by atoms with van der Waals surface area (Å²) in [4.78, 5) is 11.7. The van der Waals surface area contributed by atoms with Gasteiger partial charge in [0.25, 0.3) is 0 Å². The summed E-state index contributed by atoms with van der Waals surface area (Å²) in [5.74, 6) is -0.526. The summed E-state index contributed by atoms with van der Waals surface area (Å²) in [5, 5.41) is 11.4. The quantitative estimate of drug-likeness (QED) is 0.136. The van der Waals surface area contributed by atoms with Crippen LogP contribution >= 0.6 is 23.0 Å². The van der Waals surface area contributed by atoms with E-state index in [2.05, 4.69) is 13.0 Å². The number of hydrogen-bond donors (Lipinski definition) is 1. The lowest BCUT2D eigenvalue weighted by molar-refractivity contribution is 0.0697. The number of carboxylic acids is 1. The molecule has 0 saturated heterocycles. The van der Waals surface area contributed by atoms with Crippen molar-refractivity contribution in [2.75, 3.05) is 0 Å². The number of aromatic carboxylic acids is 1. The molecule has 0 unspecified atom stereocenters. The van der Waals surface area contributed by atoms with Crippen LogP contribution in [0.1, 0.15) is 126 Å². The van der Waals surface area contributed by atoms with E-state index in [0.29, 0.717) is 5.75 Å². The molecule has 0 aliphatic heterocycles. The van der Waals surface area contributed by atoms with Crippen molar-refractivity contribution in [1.82, 2.24) is 0 Å². The first-order valence-electron chi connectivity index (χ1n) is 13.3. The molecule has 33 heavy (non-hydrogen) atoms. The predicted octanol–water partition coefficient (Wildman–Crippen LogP) is 10.1. The minimum absolute atomic E-state index is 0.260.